The highest BCUT2D eigenvalue weighted by Gasteiger charge is 2.06. The Morgan fingerprint density at radius 2 is 1.81 bits per heavy atom. The van der Waals surface area contributed by atoms with Crippen molar-refractivity contribution in [3.8, 4) is 11.1 Å². The summed E-state index contributed by atoms with van der Waals surface area (Å²) in [5, 5.41) is 0. The molecule has 3 aromatic rings. The Hall–Kier alpha value is -2.09. The molecule has 78 valence electrons. The van der Waals surface area contributed by atoms with Gasteiger partial charge in [-0.25, -0.2) is 4.98 Å². The number of oxazole rings is 1. The summed E-state index contributed by atoms with van der Waals surface area (Å²) >= 11 is 0. The van der Waals surface area contributed by atoms with Crippen LogP contribution in [0.3, 0.4) is 0 Å². The number of hydrogen-bond donors (Lipinski definition) is 0. The summed E-state index contributed by atoms with van der Waals surface area (Å²) in [4.78, 5) is 4.25. The highest BCUT2D eigenvalue weighted by Crippen LogP contribution is 2.27. The Morgan fingerprint density at radius 3 is 2.62 bits per heavy atom. The van der Waals surface area contributed by atoms with Crippen LogP contribution in [-0.2, 0) is 0 Å². The molecule has 0 fully saturated rings. The van der Waals surface area contributed by atoms with Crippen molar-refractivity contribution in [2.75, 3.05) is 0 Å². The average molecular weight is 209 g/mol. The van der Waals surface area contributed by atoms with Crippen molar-refractivity contribution in [2.24, 2.45) is 0 Å². The number of hydrogen-bond acceptors (Lipinski definition) is 2. The molecular formula is C14H11NO. The number of rotatable bonds is 1. The number of nitrogens with zero attached hydrogens (tertiary/aromatic N) is 1. The zero-order valence-corrected chi connectivity index (χ0v) is 8.97. The van der Waals surface area contributed by atoms with E-state index < -0.39 is 0 Å². The summed E-state index contributed by atoms with van der Waals surface area (Å²) in [5.74, 6) is 0. The lowest BCUT2D eigenvalue weighted by molar-refractivity contribution is 0.602. The summed E-state index contributed by atoms with van der Waals surface area (Å²) in [7, 11) is 0. The summed E-state index contributed by atoms with van der Waals surface area (Å²) < 4.78 is 5.29. The van der Waals surface area contributed by atoms with E-state index in [1.807, 2.05) is 12.1 Å². The third kappa shape index (κ3) is 1.39. The molecule has 0 radical (unpaired) electrons. The predicted molar refractivity (Wildman–Crippen MR) is 64.2 cm³/mol. The third-order valence-electron chi connectivity index (χ3n) is 2.72. The maximum atomic E-state index is 5.29. The Labute approximate surface area is 93.5 Å². The molecule has 2 nitrogen and oxygen atoms in total. The third-order valence-corrected chi connectivity index (χ3v) is 2.72. The van der Waals surface area contributed by atoms with Crippen LogP contribution < -0.4 is 0 Å². The van der Waals surface area contributed by atoms with Crippen molar-refractivity contribution in [3.05, 3.63) is 54.4 Å². The lowest BCUT2D eigenvalue weighted by Gasteiger charge is -2.02. The minimum absolute atomic E-state index is 0.832. The van der Waals surface area contributed by atoms with Crippen LogP contribution in [0.4, 0.5) is 0 Å². The van der Waals surface area contributed by atoms with Gasteiger partial charge < -0.3 is 4.42 Å². The van der Waals surface area contributed by atoms with Gasteiger partial charge in [-0.05, 0) is 18.6 Å². The second-order valence-corrected chi connectivity index (χ2v) is 3.87. The van der Waals surface area contributed by atoms with Gasteiger partial charge >= 0.3 is 0 Å². The summed E-state index contributed by atoms with van der Waals surface area (Å²) in [6.07, 6.45) is 1.49. The minimum Gasteiger partial charge on any atom is -0.443 e. The Bertz CT molecular complexity index is 623. The molecule has 16 heavy (non-hydrogen) atoms. The number of para-hydroxylation sites is 1. The van der Waals surface area contributed by atoms with Gasteiger partial charge in [-0.1, -0.05) is 42.0 Å². The molecule has 0 amide bonds. The van der Waals surface area contributed by atoms with E-state index in [-0.39, 0.29) is 0 Å². The van der Waals surface area contributed by atoms with Crippen LogP contribution >= 0.6 is 0 Å². The average Bonchev–Trinajstić information content (AvgIpc) is 2.78. The van der Waals surface area contributed by atoms with Gasteiger partial charge in [0.1, 0.15) is 5.52 Å². The standard InChI is InChI=1S/C14H11NO/c1-10-5-7-11(8-6-10)12-3-2-4-13-14(12)15-9-16-13/h2-9H,1H3. The van der Waals surface area contributed by atoms with Gasteiger partial charge in [-0.2, -0.15) is 0 Å². The number of aromatic nitrogens is 1. The largest absolute Gasteiger partial charge is 0.443 e. The molecule has 2 aromatic carbocycles. The van der Waals surface area contributed by atoms with Gasteiger partial charge in [-0.15, -0.1) is 0 Å². The number of aryl methyl sites for hydroxylation is 1. The molecule has 0 spiro atoms. The molecule has 0 atom stereocenters. The van der Waals surface area contributed by atoms with E-state index >= 15 is 0 Å². The molecule has 0 aliphatic carbocycles. The maximum absolute atomic E-state index is 5.29. The molecule has 1 aromatic heterocycles. The fourth-order valence-corrected chi connectivity index (χ4v) is 1.85. The van der Waals surface area contributed by atoms with E-state index in [0.717, 1.165) is 16.7 Å². The van der Waals surface area contributed by atoms with Crippen molar-refractivity contribution >= 4 is 11.1 Å². The smallest absolute Gasteiger partial charge is 0.182 e. The molecule has 0 aliphatic rings. The van der Waals surface area contributed by atoms with Crippen molar-refractivity contribution in [3.63, 3.8) is 0 Å². The van der Waals surface area contributed by atoms with E-state index in [9.17, 15) is 0 Å². The van der Waals surface area contributed by atoms with Crippen LogP contribution in [0, 0.1) is 6.92 Å². The normalized spacial score (nSPS) is 10.8. The van der Waals surface area contributed by atoms with E-state index in [0.29, 0.717) is 0 Å². The van der Waals surface area contributed by atoms with Crippen LogP contribution in [0.2, 0.25) is 0 Å². The van der Waals surface area contributed by atoms with Gasteiger partial charge in [-0.3, -0.25) is 0 Å². The zero-order valence-electron chi connectivity index (χ0n) is 8.97. The first kappa shape index (κ1) is 9.16. The number of benzene rings is 2. The molecule has 2 heteroatoms. The Balaban J connectivity index is 2.25. The second-order valence-electron chi connectivity index (χ2n) is 3.87. The highest BCUT2D eigenvalue weighted by molar-refractivity contribution is 5.90. The molecule has 0 saturated carbocycles. The second kappa shape index (κ2) is 3.49. The lowest BCUT2D eigenvalue weighted by atomic mass is 10.0. The SMILES string of the molecule is Cc1ccc(-c2cccc3ocnc23)cc1. The van der Waals surface area contributed by atoms with E-state index in [4.69, 9.17) is 4.42 Å². The Kier molecular flexibility index (Phi) is 2.00. The first-order chi connectivity index (χ1) is 7.84. The molecule has 0 bridgehead atoms. The van der Waals surface area contributed by atoms with Crippen molar-refractivity contribution in [1.29, 1.82) is 0 Å². The Morgan fingerprint density at radius 1 is 1.00 bits per heavy atom. The molecule has 0 aliphatic heterocycles. The van der Waals surface area contributed by atoms with E-state index in [1.165, 1.54) is 17.5 Å². The van der Waals surface area contributed by atoms with Crippen LogP contribution in [-0.4, -0.2) is 4.98 Å². The van der Waals surface area contributed by atoms with Crippen LogP contribution in [0.25, 0.3) is 22.2 Å². The lowest BCUT2D eigenvalue weighted by Crippen LogP contribution is -1.80. The fraction of sp³-hybridized carbons (Fsp3) is 0.0714. The van der Waals surface area contributed by atoms with Gasteiger partial charge in [0.05, 0.1) is 0 Å². The fourth-order valence-electron chi connectivity index (χ4n) is 1.85. The van der Waals surface area contributed by atoms with Crippen molar-refractivity contribution < 1.29 is 4.42 Å². The maximum Gasteiger partial charge on any atom is 0.182 e. The van der Waals surface area contributed by atoms with Gasteiger partial charge in [0.2, 0.25) is 0 Å². The number of fused-ring (bicyclic) bond motifs is 1. The molecule has 0 saturated heterocycles. The van der Waals surface area contributed by atoms with Crippen molar-refractivity contribution in [2.45, 2.75) is 6.92 Å². The quantitative estimate of drug-likeness (QED) is 0.609. The monoisotopic (exact) mass is 209 g/mol. The van der Waals surface area contributed by atoms with Crippen molar-refractivity contribution in [1.82, 2.24) is 4.98 Å². The summed E-state index contributed by atoms with van der Waals surface area (Å²) in [5.41, 5.74) is 5.30. The summed E-state index contributed by atoms with van der Waals surface area (Å²) in [6, 6.07) is 14.4. The summed E-state index contributed by atoms with van der Waals surface area (Å²) in [6.45, 7) is 2.08. The van der Waals surface area contributed by atoms with Crippen LogP contribution in [0.15, 0.2) is 53.3 Å². The molecule has 0 unspecified atom stereocenters. The highest BCUT2D eigenvalue weighted by atomic mass is 16.3. The molecular weight excluding hydrogens is 198 g/mol. The van der Waals surface area contributed by atoms with E-state index in [1.54, 1.807) is 0 Å². The molecule has 0 N–H and O–H groups in total. The van der Waals surface area contributed by atoms with E-state index in [2.05, 4.69) is 42.2 Å². The first-order valence-electron chi connectivity index (χ1n) is 5.24. The topological polar surface area (TPSA) is 26.0 Å². The zero-order chi connectivity index (χ0) is 11.0. The first-order valence-corrected chi connectivity index (χ1v) is 5.24. The van der Waals surface area contributed by atoms with Crippen LogP contribution in [0.1, 0.15) is 5.56 Å². The molecule has 1 heterocycles. The van der Waals surface area contributed by atoms with Gasteiger partial charge in [0.15, 0.2) is 12.0 Å². The van der Waals surface area contributed by atoms with Gasteiger partial charge in [0, 0.05) is 5.56 Å². The minimum atomic E-state index is 0.832. The molecule has 3 rings (SSSR count). The predicted octanol–water partition coefficient (Wildman–Crippen LogP) is 3.80. The van der Waals surface area contributed by atoms with Gasteiger partial charge in [0.25, 0.3) is 0 Å². The van der Waals surface area contributed by atoms with Crippen LogP contribution in [0.5, 0.6) is 0 Å².